The molecule has 4 rings (SSSR count). The number of nitrogens with zero attached hydrogens (tertiary/aromatic N) is 7. The van der Waals surface area contributed by atoms with Crippen molar-refractivity contribution in [1.82, 2.24) is 34.6 Å². The van der Waals surface area contributed by atoms with Crippen molar-refractivity contribution in [1.29, 1.82) is 0 Å². The third kappa shape index (κ3) is 5.49. The standard InChI is InChI=1S/C22H22F6N8O/c1-11-4-21(24,25)10-36(15(11)9-33-20-31-5-13(6-32-20)22(26,27)28)19(37)17-16(12(2)35(3)34-17)18-29-7-14(23)8-30-18/h5-8,11,15H,4,9-10H2,1-3H3,(H,31,32,33)/t11-,15-/m1/s1. The quantitative estimate of drug-likeness (QED) is 0.504. The van der Waals surface area contributed by atoms with Crippen LogP contribution < -0.4 is 5.32 Å². The van der Waals surface area contributed by atoms with E-state index in [-0.39, 0.29) is 29.6 Å². The number of hydrogen-bond acceptors (Lipinski definition) is 7. The van der Waals surface area contributed by atoms with Crippen molar-refractivity contribution < 1.29 is 31.1 Å². The average Bonchev–Trinajstić information content (AvgIpc) is 3.11. The van der Waals surface area contributed by atoms with E-state index >= 15 is 0 Å². The zero-order valence-corrected chi connectivity index (χ0v) is 19.9. The number of rotatable bonds is 5. The van der Waals surface area contributed by atoms with Crippen LogP contribution in [0.15, 0.2) is 24.8 Å². The SMILES string of the molecule is Cc1c(-c2ncc(F)cn2)c(C(=O)N2CC(F)(F)C[C@@H](C)[C@H]2CNc2ncc(C(F)(F)F)cn2)nn1C. The third-order valence-electron chi connectivity index (χ3n) is 6.17. The van der Waals surface area contributed by atoms with Gasteiger partial charge in [-0.05, 0) is 12.8 Å². The second-order valence-corrected chi connectivity index (χ2v) is 8.87. The molecule has 1 amide bonds. The maximum atomic E-state index is 14.6. The first-order valence-corrected chi connectivity index (χ1v) is 11.1. The second-order valence-electron chi connectivity index (χ2n) is 8.87. The van der Waals surface area contributed by atoms with Gasteiger partial charge in [-0.1, -0.05) is 6.92 Å². The number of aryl methyl sites for hydroxylation is 1. The van der Waals surface area contributed by atoms with Crippen molar-refractivity contribution in [3.63, 3.8) is 0 Å². The first-order valence-electron chi connectivity index (χ1n) is 11.1. The molecule has 0 radical (unpaired) electrons. The lowest BCUT2D eigenvalue weighted by Crippen LogP contribution is -2.57. The maximum absolute atomic E-state index is 14.6. The summed E-state index contributed by atoms with van der Waals surface area (Å²) in [4.78, 5) is 29.7. The van der Waals surface area contributed by atoms with Crippen LogP contribution in [-0.2, 0) is 13.2 Å². The summed E-state index contributed by atoms with van der Waals surface area (Å²) >= 11 is 0. The number of alkyl halides is 5. The highest BCUT2D eigenvalue weighted by atomic mass is 19.4. The molecule has 15 heteroatoms. The van der Waals surface area contributed by atoms with Crippen molar-refractivity contribution >= 4 is 11.9 Å². The zero-order chi connectivity index (χ0) is 27.1. The first-order chi connectivity index (χ1) is 17.3. The Morgan fingerprint density at radius 3 is 2.35 bits per heavy atom. The van der Waals surface area contributed by atoms with E-state index in [4.69, 9.17) is 0 Å². The summed E-state index contributed by atoms with van der Waals surface area (Å²) in [5.41, 5.74) is -0.597. The zero-order valence-electron chi connectivity index (χ0n) is 19.9. The van der Waals surface area contributed by atoms with Gasteiger partial charge in [-0.3, -0.25) is 9.48 Å². The van der Waals surface area contributed by atoms with Gasteiger partial charge in [-0.15, -0.1) is 0 Å². The molecule has 37 heavy (non-hydrogen) atoms. The minimum absolute atomic E-state index is 0.00000230. The summed E-state index contributed by atoms with van der Waals surface area (Å²) in [5, 5.41) is 6.93. The summed E-state index contributed by atoms with van der Waals surface area (Å²) in [5.74, 6) is -5.56. The highest BCUT2D eigenvalue weighted by Gasteiger charge is 2.47. The van der Waals surface area contributed by atoms with Crippen LogP contribution in [0.25, 0.3) is 11.4 Å². The molecule has 1 aliphatic heterocycles. The maximum Gasteiger partial charge on any atom is 0.419 e. The summed E-state index contributed by atoms with van der Waals surface area (Å²) in [6.07, 6.45) is -2.09. The van der Waals surface area contributed by atoms with E-state index in [9.17, 15) is 31.1 Å². The molecule has 1 fully saturated rings. The van der Waals surface area contributed by atoms with Crippen LogP contribution in [-0.4, -0.2) is 65.6 Å². The Hall–Kier alpha value is -3.78. The van der Waals surface area contributed by atoms with Crippen LogP contribution in [0.2, 0.25) is 0 Å². The Morgan fingerprint density at radius 1 is 1.14 bits per heavy atom. The van der Waals surface area contributed by atoms with E-state index in [1.807, 2.05) is 0 Å². The fourth-order valence-corrected chi connectivity index (χ4v) is 4.24. The molecule has 1 N–H and O–H groups in total. The molecular formula is C22H22F6N8O. The molecule has 198 valence electrons. The van der Waals surface area contributed by atoms with Gasteiger partial charge in [0, 0.05) is 38.1 Å². The summed E-state index contributed by atoms with van der Waals surface area (Å²) in [6, 6.07) is -0.803. The van der Waals surface area contributed by atoms with E-state index in [1.54, 1.807) is 20.9 Å². The number of likely N-dealkylation sites (tertiary alicyclic amines) is 1. The van der Waals surface area contributed by atoms with Crippen LogP contribution in [0.4, 0.5) is 32.3 Å². The van der Waals surface area contributed by atoms with Crippen molar-refractivity contribution in [3.8, 4) is 11.4 Å². The highest BCUT2D eigenvalue weighted by molar-refractivity contribution is 5.99. The molecule has 0 aromatic carbocycles. The van der Waals surface area contributed by atoms with Crippen LogP contribution in [0.3, 0.4) is 0 Å². The largest absolute Gasteiger partial charge is 0.419 e. The number of amides is 1. The minimum Gasteiger partial charge on any atom is -0.352 e. The topological polar surface area (TPSA) is 102 Å². The number of halogens is 6. The predicted octanol–water partition coefficient (Wildman–Crippen LogP) is 3.73. The number of aromatic nitrogens is 6. The van der Waals surface area contributed by atoms with Gasteiger partial charge in [-0.2, -0.15) is 18.3 Å². The van der Waals surface area contributed by atoms with Gasteiger partial charge in [0.1, 0.15) is 0 Å². The molecule has 0 bridgehead atoms. The first kappa shape index (κ1) is 26.3. The summed E-state index contributed by atoms with van der Waals surface area (Å²) < 4.78 is 82.2. The minimum atomic E-state index is -4.61. The van der Waals surface area contributed by atoms with E-state index in [0.29, 0.717) is 18.1 Å². The molecule has 1 aliphatic rings. The lowest BCUT2D eigenvalue weighted by Gasteiger charge is -2.43. The number of nitrogens with one attached hydrogen (secondary N) is 1. The predicted molar refractivity (Wildman–Crippen MR) is 118 cm³/mol. The highest BCUT2D eigenvalue weighted by Crippen LogP contribution is 2.36. The lowest BCUT2D eigenvalue weighted by atomic mass is 9.88. The van der Waals surface area contributed by atoms with Crippen LogP contribution in [0.1, 0.15) is 35.1 Å². The monoisotopic (exact) mass is 528 g/mol. The molecule has 0 spiro atoms. The van der Waals surface area contributed by atoms with Gasteiger partial charge in [-0.25, -0.2) is 33.1 Å². The van der Waals surface area contributed by atoms with Gasteiger partial charge in [0.25, 0.3) is 11.8 Å². The fourth-order valence-electron chi connectivity index (χ4n) is 4.24. The van der Waals surface area contributed by atoms with Gasteiger partial charge in [0.15, 0.2) is 17.3 Å². The van der Waals surface area contributed by atoms with E-state index in [0.717, 1.165) is 17.3 Å². The molecule has 4 heterocycles. The van der Waals surface area contributed by atoms with Gasteiger partial charge < -0.3 is 10.2 Å². The van der Waals surface area contributed by atoms with Crippen molar-refractivity contribution in [2.24, 2.45) is 13.0 Å². The van der Waals surface area contributed by atoms with E-state index < -0.39 is 54.3 Å². The van der Waals surface area contributed by atoms with Crippen molar-refractivity contribution in [2.45, 2.75) is 38.4 Å². The van der Waals surface area contributed by atoms with E-state index in [2.05, 4.69) is 30.4 Å². The van der Waals surface area contributed by atoms with Crippen molar-refractivity contribution in [2.75, 3.05) is 18.4 Å². The third-order valence-corrected chi connectivity index (χ3v) is 6.17. The molecule has 9 nitrogen and oxygen atoms in total. The van der Waals surface area contributed by atoms with Crippen molar-refractivity contribution in [3.05, 3.63) is 47.6 Å². The van der Waals surface area contributed by atoms with Gasteiger partial charge in [0.05, 0.1) is 36.1 Å². The molecule has 0 unspecified atom stereocenters. The number of piperidine rings is 1. The Labute approximate surface area is 207 Å². The molecule has 0 aliphatic carbocycles. The fraction of sp³-hybridized carbons (Fsp3) is 0.455. The molecule has 3 aromatic heterocycles. The Morgan fingerprint density at radius 2 is 1.76 bits per heavy atom. The second kappa shape index (κ2) is 9.59. The van der Waals surface area contributed by atoms with Crippen LogP contribution >= 0.6 is 0 Å². The smallest absolute Gasteiger partial charge is 0.352 e. The summed E-state index contributed by atoms with van der Waals surface area (Å²) in [6.45, 7) is 2.15. The molecule has 2 atom stereocenters. The number of anilines is 1. The number of hydrogen-bond donors (Lipinski definition) is 1. The normalized spacial score (nSPS) is 19.6. The average molecular weight is 528 g/mol. The van der Waals surface area contributed by atoms with E-state index in [1.165, 1.54) is 4.68 Å². The summed E-state index contributed by atoms with van der Waals surface area (Å²) in [7, 11) is 1.55. The number of carbonyl (C=O) groups is 1. The Bertz CT molecular complexity index is 1280. The Kier molecular flexibility index (Phi) is 6.81. The van der Waals surface area contributed by atoms with Crippen LogP contribution in [0, 0.1) is 18.7 Å². The van der Waals surface area contributed by atoms with Gasteiger partial charge in [0.2, 0.25) is 5.95 Å². The van der Waals surface area contributed by atoms with Crippen LogP contribution in [0.5, 0.6) is 0 Å². The molecule has 0 saturated carbocycles. The molecule has 1 saturated heterocycles. The van der Waals surface area contributed by atoms with Gasteiger partial charge >= 0.3 is 6.18 Å². The molecule has 3 aromatic rings. The molecular weight excluding hydrogens is 506 g/mol. The lowest BCUT2D eigenvalue weighted by molar-refractivity contribution is -0.138. The number of carbonyl (C=O) groups excluding carboxylic acids is 1. The Balaban J connectivity index is 1.64.